The molecule has 1 aromatic heterocycles. The number of nitrogens with zero attached hydrogens (tertiary/aromatic N) is 2. The number of ether oxygens (including phenoxy) is 1. The Morgan fingerprint density at radius 2 is 1.94 bits per heavy atom. The van der Waals surface area contributed by atoms with Gasteiger partial charge in [-0.1, -0.05) is 15.9 Å². The van der Waals surface area contributed by atoms with Crippen molar-refractivity contribution in [1.29, 1.82) is 0 Å². The fraction of sp³-hybridized carbons (Fsp3) is 0.167. The van der Waals surface area contributed by atoms with Crippen molar-refractivity contribution in [1.82, 2.24) is 15.3 Å². The van der Waals surface area contributed by atoms with Gasteiger partial charge in [0.2, 0.25) is 5.88 Å². The van der Waals surface area contributed by atoms with Crippen molar-refractivity contribution >= 4 is 15.9 Å². The van der Waals surface area contributed by atoms with E-state index in [9.17, 15) is 0 Å². The minimum absolute atomic E-state index is 0.493. The summed E-state index contributed by atoms with van der Waals surface area (Å²) in [5.41, 5.74) is 0.885. The third kappa shape index (κ3) is 3.51. The van der Waals surface area contributed by atoms with Crippen molar-refractivity contribution in [3.8, 4) is 11.6 Å². The Morgan fingerprint density at radius 3 is 2.53 bits per heavy atom. The standard InChI is InChI=1S/C12H12BrN3O/c1-14-6-10-7-16-12(8-15-10)17-11-4-2-9(13)3-5-11/h2-5,7-8,14H,6H2,1H3. The minimum Gasteiger partial charge on any atom is -0.438 e. The van der Waals surface area contributed by atoms with Crippen molar-refractivity contribution < 1.29 is 4.74 Å². The molecule has 0 unspecified atom stereocenters. The van der Waals surface area contributed by atoms with Gasteiger partial charge in [-0.2, -0.15) is 0 Å². The summed E-state index contributed by atoms with van der Waals surface area (Å²) in [4.78, 5) is 8.40. The molecule has 0 atom stereocenters. The molecule has 0 aliphatic heterocycles. The molecule has 0 fully saturated rings. The van der Waals surface area contributed by atoms with E-state index in [0.717, 1.165) is 15.9 Å². The van der Waals surface area contributed by atoms with Gasteiger partial charge in [0.1, 0.15) is 5.75 Å². The molecule has 5 heteroatoms. The van der Waals surface area contributed by atoms with Crippen molar-refractivity contribution in [2.75, 3.05) is 7.05 Å². The summed E-state index contributed by atoms with van der Waals surface area (Å²) in [6.07, 6.45) is 3.32. The van der Waals surface area contributed by atoms with E-state index < -0.39 is 0 Å². The molecule has 0 aliphatic carbocycles. The van der Waals surface area contributed by atoms with Gasteiger partial charge >= 0.3 is 0 Å². The molecule has 0 saturated heterocycles. The molecule has 4 nitrogen and oxygen atoms in total. The van der Waals surface area contributed by atoms with Crippen LogP contribution in [0.15, 0.2) is 41.1 Å². The zero-order chi connectivity index (χ0) is 12.1. The van der Waals surface area contributed by atoms with Gasteiger partial charge in [0, 0.05) is 11.0 Å². The monoisotopic (exact) mass is 293 g/mol. The van der Waals surface area contributed by atoms with Gasteiger partial charge in [0.25, 0.3) is 0 Å². The van der Waals surface area contributed by atoms with Gasteiger partial charge in [-0.05, 0) is 31.3 Å². The van der Waals surface area contributed by atoms with Crippen LogP contribution in [0.1, 0.15) is 5.69 Å². The average molecular weight is 294 g/mol. The van der Waals surface area contributed by atoms with E-state index in [-0.39, 0.29) is 0 Å². The quantitative estimate of drug-likeness (QED) is 0.942. The number of nitrogens with one attached hydrogen (secondary N) is 1. The fourth-order valence-corrected chi connectivity index (χ4v) is 1.56. The maximum atomic E-state index is 5.55. The lowest BCUT2D eigenvalue weighted by atomic mass is 10.3. The van der Waals surface area contributed by atoms with Crippen LogP contribution in [-0.2, 0) is 6.54 Å². The number of aromatic nitrogens is 2. The number of rotatable bonds is 4. The first kappa shape index (κ1) is 12.0. The molecule has 17 heavy (non-hydrogen) atoms. The van der Waals surface area contributed by atoms with Crippen LogP contribution in [0, 0.1) is 0 Å². The summed E-state index contributed by atoms with van der Waals surface area (Å²) < 4.78 is 6.57. The van der Waals surface area contributed by atoms with Gasteiger partial charge in [0.15, 0.2) is 0 Å². The van der Waals surface area contributed by atoms with Crippen LogP contribution in [0.2, 0.25) is 0 Å². The van der Waals surface area contributed by atoms with Crippen LogP contribution in [0.3, 0.4) is 0 Å². The third-order valence-corrected chi connectivity index (χ3v) is 2.60. The fourth-order valence-electron chi connectivity index (χ4n) is 1.29. The zero-order valence-electron chi connectivity index (χ0n) is 9.35. The Hall–Kier alpha value is -1.46. The van der Waals surface area contributed by atoms with Crippen LogP contribution in [0.5, 0.6) is 11.6 Å². The third-order valence-electron chi connectivity index (χ3n) is 2.08. The first-order valence-electron chi connectivity index (χ1n) is 5.17. The number of halogens is 1. The first-order chi connectivity index (χ1) is 8.28. The summed E-state index contributed by atoms with van der Waals surface area (Å²) >= 11 is 3.37. The van der Waals surface area contributed by atoms with Gasteiger partial charge in [0.05, 0.1) is 18.1 Å². The Morgan fingerprint density at radius 1 is 1.18 bits per heavy atom. The predicted molar refractivity (Wildman–Crippen MR) is 69.0 cm³/mol. The van der Waals surface area contributed by atoms with Crippen molar-refractivity contribution in [2.45, 2.75) is 6.54 Å². The smallest absolute Gasteiger partial charge is 0.237 e. The van der Waals surface area contributed by atoms with Crippen LogP contribution in [0.4, 0.5) is 0 Å². The highest BCUT2D eigenvalue weighted by Crippen LogP contribution is 2.20. The van der Waals surface area contributed by atoms with Gasteiger partial charge < -0.3 is 10.1 Å². The molecule has 1 heterocycles. The summed E-state index contributed by atoms with van der Waals surface area (Å²) in [6.45, 7) is 0.700. The molecule has 2 aromatic rings. The number of benzene rings is 1. The normalized spacial score (nSPS) is 10.2. The molecule has 0 radical (unpaired) electrons. The highest BCUT2D eigenvalue weighted by molar-refractivity contribution is 9.10. The molecular weight excluding hydrogens is 282 g/mol. The second kappa shape index (κ2) is 5.75. The highest BCUT2D eigenvalue weighted by atomic mass is 79.9. The lowest BCUT2D eigenvalue weighted by Gasteiger charge is -2.05. The lowest BCUT2D eigenvalue weighted by Crippen LogP contribution is -2.07. The largest absolute Gasteiger partial charge is 0.438 e. The molecule has 1 aromatic carbocycles. The van der Waals surface area contributed by atoms with E-state index in [1.165, 1.54) is 0 Å². The molecular formula is C12H12BrN3O. The summed E-state index contributed by atoms with van der Waals surface area (Å²) in [5.74, 6) is 1.23. The molecule has 2 rings (SSSR count). The first-order valence-corrected chi connectivity index (χ1v) is 5.96. The molecule has 0 bridgehead atoms. The average Bonchev–Trinajstić information content (AvgIpc) is 2.35. The van der Waals surface area contributed by atoms with E-state index in [1.807, 2.05) is 31.3 Å². The van der Waals surface area contributed by atoms with E-state index in [1.54, 1.807) is 12.4 Å². The maximum absolute atomic E-state index is 5.55. The Balaban J connectivity index is 2.05. The molecule has 1 N–H and O–H groups in total. The summed E-state index contributed by atoms with van der Waals surface area (Å²) in [6, 6.07) is 7.57. The van der Waals surface area contributed by atoms with Crippen molar-refractivity contribution in [3.05, 3.63) is 46.8 Å². The van der Waals surface area contributed by atoms with Crippen LogP contribution in [0.25, 0.3) is 0 Å². The predicted octanol–water partition coefficient (Wildman–Crippen LogP) is 2.75. The van der Waals surface area contributed by atoms with E-state index >= 15 is 0 Å². The van der Waals surface area contributed by atoms with Crippen LogP contribution >= 0.6 is 15.9 Å². The van der Waals surface area contributed by atoms with Gasteiger partial charge in [-0.25, -0.2) is 4.98 Å². The van der Waals surface area contributed by atoms with Gasteiger partial charge in [-0.15, -0.1) is 0 Å². The van der Waals surface area contributed by atoms with E-state index in [2.05, 4.69) is 31.2 Å². The van der Waals surface area contributed by atoms with Crippen LogP contribution in [-0.4, -0.2) is 17.0 Å². The molecule has 0 amide bonds. The zero-order valence-corrected chi connectivity index (χ0v) is 10.9. The van der Waals surface area contributed by atoms with Crippen LogP contribution < -0.4 is 10.1 Å². The van der Waals surface area contributed by atoms with E-state index in [0.29, 0.717) is 12.4 Å². The highest BCUT2D eigenvalue weighted by Gasteiger charge is 2.00. The van der Waals surface area contributed by atoms with Crippen molar-refractivity contribution in [3.63, 3.8) is 0 Å². The van der Waals surface area contributed by atoms with Gasteiger partial charge in [-0.3, -0.25) is 4.98 Å². The molecule has 0 saturated carbocycles. The Labute approximate surface area is 108 Å². The second-order valence-electron chi connectivity index (χ2n) is 3.43. The van der Waals surface area contributed by atoms with Crippen molar-refractivity contribution in [2.24, 2.45) is 0 Å². The number of hydrogen-bond acceptors (Lipinski definition) is 4. The molecule has 0 aliphatic rings. The SMILES string of the molecule is CNCc1cnc(Oc2ccc(Br)cc2)cn1. The topological polar surface area (TPSA) is 47.0 Å². The van der Waals surface area contributed by atoms with E-state index in [4.69, 9.17) is 4.74 Å². The Kier molecular flexibility index (Phi) is 4.06. The maximum Gasteiger partial charge on any atom is 0.237 e. The minimum atomic E-state index is 0.493. The molecule has 0 spiro atoms. The second-order valence-corrected chi connectivity index (χ2v) is 4.35. The Bertz CT molecular complexity index is 470. The lowest BCUT2D eigenvalue weighted by molar-refractivity contribution is 0.459. The summed E-state index contributed by atoms with van der Waals surface area (Å²) in [7, 11) is 1.87. The summed E-state index contributed by atoms with van der Waals surface area (Å²) in [5, 5.41) is 3.01. The number of hydrogen-bond donors (Lipinski definition) is 1. The molecule has 88 valence electrons.